The highest BCUT2D eigenvalue weighted by Crippen LogP contribution is 2.16. The van der Waals surface area contributed by atoms with Crippen LogP contribution >= 0.6 is 0 Å². The van der Waals surface area contributed by atoms with Crippen molar-refractivity contribution in [2.45, 2.75) is 26.3 Å². The van der Waals surface area contributed by atoms with Gasteiger partial charge in [-0.15, -0.1) is 0 Å². The van der Waals surface area contributed by atoms with Gasteiger partial charge in [-0.1, -0.05) is 6.07 Å². The fourth-order valence-electron chi connectivity index (χ4n) is 1.90. The monoisotopic (exact) mass is 249 g/mol. The van der Waals surface area contributed by atoms with Crippen LogP contribution in [-0.4, -0.2) is 31.8 Å². The maximum Gasteiger partial charge on any atom is 0.223 e. The number of carbonyl (C=O) groups is 1. The zero-order valence-electron chi connectivity index (χ0n) is 10.9. The second-order valence-electron chi connectivity index (χ2n) is 4.72. The van der Waals surface area contributed by atoms with Gasteiger partial charge in [0.2, 0.25) is 5.91 Å². The Morgan fingerprint density at radius 2 is 2.00 bits per heavy atom. The van der Waals surface area contributed by atoms with E-state index in [1.807, 2.05) is 26.0 Å². The molecule has 4 heteroatoms. The van der Waals surface area contributed by atoms with Crippen molar-refractivity contribution in [2.24, 2.45) is 0 Å². The van der Waals surface area contributed by atoms with E-state index in [1.165, 1.54) is 11.1 Å². The molecule has 4 nitrogen and oxygen atoms in total. The van der Waals surface area contributed by atoms with E-state index >= 15 is 0 Å². The average molecular weight is 249 g/mol. The van der Waals surface area contributed by atoms with E-state index in [4.69, 9.17) is 9.47 Å². The van der Waals surface area contributed by atoms with Gasteiger partial charge in [-0.05, 0) is 37.1 Å². The van der Waals surface area contributed by atoms with Crippen LogP contribution < -0.4 is 10.1 Å². The molecule has 0 aromatic heterocycles. The van der Waals surface area contributed by atoms with Crippen LogP contribution in [0.4, 0.5) is 0 Å². The molecule has 0 radical (unpaired) electrons. The Hall–Kier alpha value is -1.55. The first-order valence-electron chi connectivity index (χ1n) is 6.22. The van der Waals surface area contributed by atoms with E-state index in [0.29, 0.717) is 26.2 Å². The van der Waals surface area contributed by atoms with Gasteiger partial charge >= 0.3 is 0 Å². The topological polar surface area (TPSA) is 47.6 Å². The van der Waals surface area contributed by atoms with Gasteiger partial charge in [0.15, 0.2) is 0 Å². The molecule has 1 aromatic carbocycles. The van der Waals surface area contributed by atoms with Crippen molar-refractivity contribution in [3.63, 3.8) is 0 Å². The summed E-state index contributed by atoms with van der Waals surface area (Å²) in [5.74, 6) is 0.847. The smallest absolute Gasteiger partial charge is 0.223 e. The van der Waals surface area contributed by atoms with Gasteiger partial charge in [0, 0.05) is 0 Å². The van der Waals surface area contributed by atoms with Crippen LogP contribution in [0.2, 0.25) is 0 Å². The first-order valence-corrected chi connectivity index (χ1v) is 6.22. The van der Waals surface area contributed by atoms with Crippen molar-refractivity contribution < 1.29 is 14.3 Å². The number of benzene rings is 1. The Labute approximate surface area is 107 Å². The van der Waals surface area contributed by atoms with Gasteiger partial charge in [0.05, 0.1) is 32.3 Å². The number of carbonyl (C=O) groups excluding carboxylic acids is 1. The molecule has 1 aliphatic rings. The van der Waals surface area contributed by atoms with Crippen molar-refractivity contribution in [3.8, 4) is 5.75 Å². The molecule has 0 saturated carbocycles. The third kappa shape index (κ3) is 3.74. The summed E-state index contributed by atoms with van der Waals surface area (Å²) < 4.78 is 10.6. The zero-order valence-corrected chi connectivity index (χ0v) is 10.9. The van der Waals surface area contributed by atoms with Crippen molar-refractivity contribution in [3.05, 3.63) is 29.3 Å². The van der Waals surface area contributed by atoms with E-state index in [-0.39, 0.29) is 11.9 Å². The third-order valence-electron chi connectivity index (χ3n) is 2.80. The first kappa shape index (κ1) is 12.9. The summed E-state index contributed by atoms with van der Waals surface area (Å²) in [5, 5.41) is 2.88. The number of rotatable bonds is 5. The predicted molar refractivity (Wildman–Crippen MR) is 68.8 cm³/mol. The zero-order chi connectivity index (χ0) is 13.0. The molecule has 1 amide bonds. The number of hydrogen-bond donors (Lipinski definition) is 1. The molecule has 1 N–H and O–H groups in total. The molecule has 1 heterocycles. The molecular weight excluding hydrogens is 230 g/mol. The molecule has 0 bridgehead atoms. The first-order chi connectivity index (χ1) is 8.63. The lowest BCUT2D eigenvalue weighted by atomic mass is 10.1. The summed E-state index contributed by atoms with van der Waals surface area (Å²) in [6.07, 6.45) is 0.378. The van der Waals surface area contributed by atoms with Crippen molar-refractivity contribution >= 4 is 5.91 Å². The van der Waals surface area contributed by atoms with E-state index < -0.39 is 0 Å². The van der Waals surface area contributed by atoms with Crippen LogP contribution in [-0.2, 0) is 9.53 Å². The molecule has 1 fully saturated rings. The van der Waals surface area contributed by atoms with Gasteiger partial charge < -0.3 is 14.8 Å². The van der Waals surface area contributed by atoms with E-state index in [1.54, 1.807) is 0 Å². The summed E-state index contributed by atoms with van der Waals surface area (Å²) in [7, 11) is 0. The van der Waals surface area contributed by atoms with Crippen molar-refractivity contribution in [2.75, 3.05) is 19.8 Å². The predicted octanol–water partition coefficient (Wildman–Crippen LogP) is 1.59. The van der Waals surface area contributed by atoms with Gasteiger partial charge in [-0.2, -0.15) is 0 Å². The van der Waals surface area contributed by atoms with Crippen LogP contribution in [0.25, 0.3) is 0 Å². The van der Waals surface area contributed by atoms with Crippen molar-refractivity contribution in [1.29, 1.82) is 0 Å². The maximum atomic E-state index is 11.5. The normalized spacial score (nSPS) is 15.0. The van der Waals surface area contributed by atoms with Crippen LogP contribution in [0.1, 0.15) is 17.5 Å². The number of ether oxygens (including phenoxy) is 2. The number of nitrogens with one attached hydrogen (secondary N) is 1. The van der Waals surface area contributed by atoms with E-state index in [0.717, 1.165) is 5.75 Å². The van der Waals surface area contributed by atoms with Crippen LogP contribution in [0.15, 0.2) is 18.2 Å². The number of amides is 1. The molecular formula is C14H19NO3. The molecule has 98 valence electrons. The molecule has 2 rings (SSSR count). The van der Waals surface area contributed by atoms with Gasteiger partial charge in [-0.25, -0.2) is 0 Å². The van der Waals surface area contributed by atoms with E-state index in [9.17, 15) is 4.79 Å². The quantitative estimate of drug-likeness (QED) is 0.862. The Kier molecular flexibility index (Phi) is 4.20. The lowest BCUT2D eigenvalue weighted by Crippen LogP contribution is -2.48. The highest BCUT2D eigenvalue weighted by molar-refractivity contribution is 5.76. The Bertz CT molecular complexity index is 407. The molecule has 0 aliphatic carbocycles. The summed E-state index contributed by atoms with van der Waals surface area (Å²) in [6.45, 7) is 5.72. The summed E-state index contributed by atoms with van der Waals surface area (Å²) >= 11 is 0. The molecule has 1 aliphatic heterocycles. The molecule has 0 atom stereocenters. The SMILES string of the molecule is Cc1cc(C)cc(OCCC(=O)NC2COC2)c1. The maximum absolute atomic E-state index is 11.5. The average Bonchev–Trinajstić information content (AvgIpc) is 2.22. The number of aryl methyl sites for hydroxylation is 2. The highest BCUT2D eigenvalue weighted by atomic mass is 16.5. The van der Waals surface area contributed by atoms with Gasteiger partial charge in [0.1, 0.15) is 5.75 Å². The number of hydrogen-bond acceptors (Lipinski definition) is 3. The Balaban J connectivity index is 1.72. The van der Waals surface area contributed by atoms with Crippen LogP contribution in [0.3, 0.4) is 0 Å². The van der Waals surface area contributed by atoms with Crippen LogP contribution in [0, 0.1) is 13.8 Å². The molecule has 1 aromatic rings. The molecule has 0 unspecified atom stereocenters. The Morgan fingerprint density at radius 3 is 2.56 bits per heavy atom. The standard InChI is InChI=1S/C14H19NO3/c1-10-5-11(2)7-13(6-10)18-4-3-14(16)15-12-8-17-9-12/h5-7,12H,3-4,8-9H2,1-2H3,(H,15,16). The lowest BCUT2D eigenvalue weighted by molar-refractivity contribution is -0.125. The van der Waals surface area contributed by atoms with Gasteiger partial charge in [0.25, 0.3) is 0 Å². The minimum atomic E-state index is 0.0210. The fourth-order valence-corrected chi connectivity index (χ4v) is 1.90. The van der Waals surface area contributed by atoms with Crippen LogP contribution in [0.5, 0.6) is 5.75 Å². The van der Waals surface area contributed by atoms with E-state index in [2.05, 4.69) is 11.4 Å². The summed E-state index contributed by atoms with van der Waals surface area (Å²) in [4.78, 5) is 11.5. The molecule has 18 heavy (non-hydrogen) atoms. The summed E-state index contributed by atoms with van der Waals surface area (Å²) in [6, 6.07) is 6.24. The molecule has 0 spiro atoms. The minimum Gasteiger partial charge on any atom is -0.493 e. The van der Waals surface area contributed by atoms with Crippen molar-refractivity contribution in [1.82, 2.24) is 5.32 Å². The largest absolute Gasteiger partial charge is 0.493 e. The molecule has 1 saturated heterocycles. The van der Waals surface area contributed by atoms with Gasteiger partial charge in [-0.3, -0.25) is 4.79 Å². The Morgan fingerprint density at radius 1 is 1.33 bits per heavy atom. The highest BCUT2D eigenvalue weighted by Gasteiger charge is 2.19. The second kappa shape index (κ2) is 5.87. The minimum absolute atomic E-state index is 0.0210. The lowest BCUT2D eigenvalue weighted by Gasteiger charge is -2.26. The fraction of sp³-hybridized carbons (Fsp3) is 0.500. The summed E-state index contributed by atoms with van der Waals surface area (Å²) in [5.41, 5.74) is 2.34. The third-order valence-corrected chi connectivity index (χ3v) is 2.80. The second-order valence-corrected chi connectivity index (χ2v) is 4.72.